The largest absolute Gasteiger partial charge is 0.326 e. The van der Waals surface area contributed by atoms with Crippen LogP contribution in [0.2, 0.25) is 0 Å². The highest BCUT2D eigenvalue weighted by Gasteiger charge is 2.01. The predicted molar refractivity (Wildman–Crippen MR) is 58.2 cm³/mol. The van der Waals surface area contributed by atoms with Gasteiger partial charge in [0.25, 0.3) is 0 Å². The van der Waals surface area contributed by atoms with Crippen molar-refractivity contribution in [1.82, 2.24) is 5.32 Å². The summed E-state index contributed by atoms with van der Waals surface area (Å²) in [6.07, 6.45) is 1.27. The van der Waals surface area contributed by atoms with Gasteiger partial charge in [-0.05, 0) is 44.3 Å². The molecule has 0 radical (unpaired) electrons. The van der Waals surface area contributed by atoms with Gasteiger partial charge in [0.1, 0.15) is 5.82 Å². The monoisotopic (exact) mass is 210 g/mol. The molecule has 0 aliphatic carbocycles. The Morgan fingerprint density at radius 1 is 1.33 bits per heavy atom. The first-order valence-corrected chi connectivity index (χ1v) is 4.92. The lowest BCUT2D eigenvalue weighted by molar-refractivity contribution is -0.116. The third-order valence-corrected chi connectivity index (χ3v) is 1.96. The molecule has 0 saturated carbocycles. The summed E-state index contributed by atoms with van der Waals surface area (Å²) >= 11 is 0. The number of hydrogen-bond acceptors (Lipinski definition) is 2. The van der Waals surface area contributed by atoms with Crippen LogP contribution < -0.4 is 10.6 Å². The molecule has 1 amide bonds. The fourth-order valence-corrected chi connectivity index (χ4v) is 1.18. The first-order chi connectivity index (χ1) is 7.22. The van der Waals surface area contributed by atoms with E-state index in [-0.39, 0.29) is 11.7 Å². The van der Waals surface area contributed by atoms with Gasteiger partial charge in [0.2, 0.25) is 5.91 Å². The molecule has 4 heteroatoms. The van der Waals surface area contributed by atoms with Gasteiger partial charge in [-0.1, -0.05) is 0 Å². The van der Waals surface area contributed by atoms with Crippen molar-refractivity contribution in [1.29, 1.82) is 0 Å². The smallest absolute Gasteiger partial charge is 0.224 e. The first kappa shape index (κ1) is 11.7. The van der Waals surface area contributed by atoms with Gasteiger partial charge in [-0.15, -0.1) is 0 Å². The average Bonchev–Trinajstić information content (AvgIpc) is 2.22. The van der Waals surface area contributed by atoms with Crippen molar-refractivity contribution in [3.05, 3.63) is 30.1 Å². The van der Waals surface area contributed by atoms with Crippen LogP contribution in [-0.2, 0) is 4.79 Å². The van der Waals surface area contributed by atoms with E-state index in [1.165, 1.54) is 12.1 Å². The number of amides is 1. The molecule has 82 valence electrons. The molecule has 15 heavy (non-hydrogen) atoms. The van der Waals surface area contributed by atoms with E-state index >= 15 is 0 Å². The number of benzene rings is 1. The molecule has 1 aromatic carbocycles. The van der Waals surface area contributed by atoms with Crippen LogP contribution >= 0.6 is 0 Å². The zero-order chi connectivity index (χ0) is 11.1. The third kappa shape index (κ3) is 4.56. The van der Waals surface area contributed by atoms with E-state index in [4.69, 9.17) is 0 Å². The zero-order valence-corrected chi connectivity index (χ0v) is 8.72. The summed E-state index contributed by atoms with van der Waals surface area (Å²) in [6, 6.07) is 5.74. The van der Waals surface area contributed by atoms with E-state index in [0.29, 0.717) is 12.1 Å². The molecule has 0 unspecified atom stereocenters. The van der Waals surface area contributed by atoms with Crippen molar-refractivity contribution in [2.45, 2.75) is 12.8 Å². The van der Waals surface area contributed by atoms with Crippen molar-refractivity contribution in [3.63, 3.8) is 0 Å². The Labute approximate surface area is 88.7 Å². The van der Waals surface area contributed by atoms with Crippen LogP contribution in [0, 0.1) is 5.82 Å². The van der Waals surface area contributed by atoms with Crippen molar-refractivity contribution >= 4 is 11.6 Å². The van der Waals surface area contributed by atoms with Crippen LogP contribution in [0.15, 0.2) is 24.3 Å². The third-order valence-electron chi connectivity index (χ3n) is 1.96. The summed E-state index contributed by atoms with van der Waals surface area (Å²) in [7, 11) is 1.85. The van der Waals surface area contributed by atoms with E-state index in [0.717, 1.165) is 13.0 Å². The molecule has 0 saturated heterocycles. The van der Waals surface area contributed by atoms with Gasteiger partial charge in [0, 0.05) is 12.1 Å². The van der Waals surface area contributed by atoms with E-state index in [1.54, 1.807) is 12.1 Å². The number of anilines is 1. The average molecular weight is 210 g/mol. The molecule has 0 aliphatic heterocycles. The van der Waals surface area contributed by atoms with Gasteiger partial charge in [-0.25, -0.2) is 4.39 Å². The lowest BCUT2D eigenvalue weighted by Gasteiger charge is -2.04. The Kier molecular flexibility index (Phi) is 4.77. The molecule has 2 N–H and O–H groups in total. The number of hydrogen-bond donors (Lipinski definition) is 2. The number of carbonyl (C=O) groups is 1. The van der Waals surface area contributed by atoms with Crippen molar-refractivity contribution in [3.8, 4) is 0 Å². The molecular formula is C11H15FN2O. The Bertz CT molecular complexity index is 311. The Hall–Kier alpha value is -1.42. The highest BCUT2D eigenvalue weighted by atomic mass is 19.1. The topological polar surface area (TPSA) is 41.1 Å². The number of carbonyl (C=O) groups excluding carboxylic acids is 1. The van der Waals surface area contributed by atoms with Gasteiger partial charge >= 0.3 is 0 Å². The Morgan fingerprint density at radius 3 is 2.60 bits per heavy atom. The minimum absolute atomic E-state index is 0.0446. The van der Waals surface area contributed by atoms with Crippen molar-refractivity contribution in [2.75, 3.05) is 18.9 Å². The molecule has 0 spiro atoms. The SMILES string of the molecule is CNCCCC(=O)Nc1ccc(F)cc1. The van der Waals surface area contributed by atoms with Crippen LogP contribution in [-0.4, -0.2) is 19.5 Å². The Morgan fingerprint density at radius 2 is 2.00 bits per heavy atom. The molecule has 0 aromatic heterocycles. The second-order valence-electron chi connectivity index (χ2n) is 3.26. The highest BCUT2D eigenvalue weighted by molar-refractivity contribution is 5.90. The van der Waals surface area contributed by atoms with Gasteiger partial charge in [0.15, 0.2) is 0 Å². The zero-order valence-electron chi connectivity index (χ0n) is 8.72. The number of halogens is 1. The maximum Gasteiger partial charge on any atom is 0.224 e. The molecule has 0 bridgehead atoms. The van der Waals surface area contributed by atoms with Crippen LogP contribution in [0.3, 0.4) is 0 Å². The molecule has 0 aliphatic rings. The molecule has 1 aromatic rings. The molecule has 0 heterocycles. The lowest BCUT2D eigenvalue weighted by Crippen LogP contribution is -2.15. The van der Waals surface area contributed by atoms with E-state index in [1.807, 2.05) is 7.05 Å². The maximum atomic E-state index is 12.6. The normalized spacial score (nSPS) is 10.0. The number of rotatable bonds is 5. The molecule has 0 atom stereocenters. The summed E-state index contributed by atoms with van der Waals surface area (Å²) in [4.78, 5) is 11.3. The second kappa shape index (κ2) is 6.14. The van der Waals surface area contributed by atoms with Gasteiger partial charge < -0.3 is 10.6 Å². The maximum absolute atomic E-state index is 12.6. The standard InChI is InChI=1S/C11H15FN2O/c1-13-8-2-3-11(15)14-10-6-4-9(12)5-7-10/h4-7,13H,2-3,8H2,1H3,(H,14,15). The quantitative estimate of drug-likeness (QED) is 0.727. The summed E-state index contributed by atoms with van der Waals surface area (Å²) in [5.74, 6) is -0.347. The Balaban J connectivity index is 2.34. The van der Waals surface area contributed by atoms with Gasteiger partial charge in [0.05, 0.1) is 0 Å². The second-order valence-corrected chi connectivity index (χ2v) is 3.26. The molecule has 1 rings (SSSR count). The van der Waals surface area contributed by atoms with E-state index in [9.17, 15) is 9.18 Å². The minimum atomic E-state index is -0.303. The first-order valence-electron chi connectivity index (χ1n) is 4.92. The highest BCUT2D eigenvalue weighted by Crippen LogP contribution is 2.08. The summed E-state index contributed by atoms with van der Waals surface area (Å²) < 4.78 is 12.6. The van der Waals surface area contributed by atoms with E-state index in [2.05, 4.69) is 10.6 Å². The van der Waals surface area contributed by atoms with Crippen molar-refractivity contribution in [2.24, 2.45) is 0 Å². The fourth-order valence-electron chi connectivity index (χ4n) is 1.18. The van der Waals surface area contributed by atoms with Crippen LogP contribution in [0.25, 0.3) is 0 Å². The van der Waals surface area contributed by atoms with Crippen LogP contribution in [0.5, 0.6) is 0 Å². The molecule has 3 nitrogen and oxygen atoms in total. The summed E-state index contributed by atoms with van der Waals surface area (Å²) in [5.41, 5.74) is 0.630. The van der Waals surface area contributed by atoms with Gasteiger partial charge in [-0.3, -0.25) is 4.79 Å². The minimum Gasteiger partial charge on any atom is -0.326 e. The molecule has 0 fully saturated rings. The lowest BCUT2D eigenvalue weighted by atomic mass is 10.2. The predicted octanol–water partition coefficient (Wildman–Crippen LogP) is 1.76. The summed E-state index contributed by atoms with van der Waals surface area (Å²) in [6.45, 7) is 0.816. The van der Waals surface area contributed by atoms with Crippen LogP contribution in [0.1, 0.15) is 12.8 Å². The molecular weight excluding hydrogens is 195 g/mol. The van der Waals surface area contributed by atoms with E-state index < -0.39 is 0 Å². The van der Waals surface area contributed by atoms with Gasteiger partial charge in [-0.2, -0.15) is 0 Å². The van der Waals surface area contributed by atoms with Crippen LogP contribution in [0.4, 0.5) is 10.1 Å². The summed E-state index contributed by atoms with van der Waals surface area (Å²) in [5, 5.41) is 5.66. The number of nitrogens with one attached hydrogen (secondary N) is 2. The van der Waals surface area contributed by atoms with Crippen molar-refractivity contribution < 1.29 is 9.18 Å². The fraction of sp³-hybridized carbons (Fsp3) is 0.364.